The molecular formula is C29H22ClF2N3O3. The lowest BCUT2D eigenvalue weighted by molar-refractivity contribution is -0.133. The Labute approximate surface area is 222 Å². The van der Waals surface area contributed by atoms with Gasteiger partial charge in [-0.3, -0.25) is 4.79 Å². The third kappa shape index (κ3) is 4.64. The van der Waals surface area contributed by atoms with E-state index in [2.05, 4.69) is 9.72 Å². The number of ether oxygens (including phenoxy) is 2. The van der Waals surface area contributed by atoms with Crippen molar-refractivity contribution < 1.29 is 23.0 Å². The summed E-state index contributed by atoms with van der Waals surface area (Å²) in [4.78, 5) is 16.2. The van der Waals surface area contributed by atoms with Crippen molar-refractivity contribution in [3.8, 4) is 5.88 Å². The van der Waals surface area contributed by atoms with E-state index < -0.39 is 12.2 Å². The smallest absolute Gasteiger partial charge is 0.345 e. The molecule has 5 rings (SSSR count). The molecule has 0 aliphatic heterocycles. The number of hydrogen-bond donors (Lipinski definition) is 0. The third-order valence-electron chi connectivity index (χ3n) is 6.20. The summed E-state index contributed by atoms with van der Waals surface area (Å²) in [6.07, 6.45) is 0.567. The van der Waals surface area contributed by atoms with Gasteiger partial charge in [-0.1, -0.05) is 103 Å². The van der Waals surface area contributed by atoms with Crippen molar-refractivity contribution in [3.63, 3.8) is 0 Å². The first-order valence-electron chi connectivity index (χ1n) is 11.8. The number of nitrogens with zero attached hydrogens (tertiary/aromatic N) is 3. The second-order valence-corrected chi connectivity index (χ2v) is 8.73. The highest BCUT2D eigenvalue weighted by Crippen LogP contribution is 2.44. The summed E-state index contributed by atoms with van der Waals surface area (Å²) in [5.74, 6) is 0.0521. The van der Waals surface area contributed by atoms with Crippen molar-refractivity contribution in [1.29, 1.82) is 0 Å². The summed E-state index contributed by atoms with van der Waals surface area (Å²) in [6, 6.07) is 31.0. The molecule has 0 amide bonds. The lowest BCUT2D eigenvalue weighted by Crippen LogP contribution is -2.38. The van der Waals surface area contributed by atoms with Crippen LogP contribution in [0.4, 0.5) is 8.78 Å². The maximum absolute atomic E-state index is 12.5. The first kappa shape index (κ1) is 25.5. The van der Waals surface area contributed by atoms with Crippen LogP contribution in [0, 0.1) is 0 Å². The summed E-state index contributed by atoms with van der Waals surface area (Å²) in [5, 5.41) is 5.26. The van der Waals surface area contributed by atoms with Crippen molar-refractivity contribution in [2.75, 3.05) is 13.2 Å². The van der Waals surface area contributed by atoms with Crippen LogP contribution in [0.25, 0.3) is 10.9 Å². The van der Waals surface area contributed by atoms with Crippen LogP contribution in [-0.4, -0.2) is 40.9 Å². The summed E-state index contributed by atoms with van der Waals surface area (Å²) in [6.45, 7) is -3.52. The van der Waals surface area contributed by atoms with Crippen molar-refractivity contribution in [3.05, 3.63) is 125 Å². The Morgan fingerprint density at radius 1 is 0.868 bits per heavy atom. The maximum atomic E-state index is 12.5. The zero-order valence-corrected chi connectivity index (χ0v) is 20.8. The van der Waals surface area contributed by atoms with Gasteiger partial charge in [-0.25, -0.2) is 9.67 Å². The Balaban J connectivity index is 1.86. The average Bonchev–Trinajstić information content (AvgIpc) is 3.31. The third-order valence-corrected chi connectivity index (χ3v) is 6.39. The van der Waals surface area contributed by atoms with Gasteiger partial charge in [-0.05, 0) is 16.7 Å². The van der Waals surface area contributed by atoms with Gasteiger partial charge in [0.1, 0.15) is 23.0 Å². The maximum Gasteiger partial charge on any atom is 0.345 e. The second-order valence-electron chi connectivity index (χ2n) is 8.35. The highest BCUT2D eigenvalue weighted by Gasteiger charge is 2.41. The van der Waals surface area contributed by atoms with Gasteiger partial charge in [0, 0.05) is 6.07 Å². The Morgan fingerprint density at radius 2 is 1.39 bits per heavy atom. The van der Waals surface area contributed by atoms with E-state index in [1.807, 2.05) is 91.0 Å². The molecule has 0 fully saturated rings. The topological polar surface area (TPSA) is 66.2 Å². The van der Waals surface area contributed by atoms with Crippen LogP contribution in [0.3, 0.4) is 0 Å². The van der Waals surface area contributed by atoms with E-state index in [9.17, 15) is 13.6 Å². The minimum absolute atomic E-state index is 0.0200. The predicted molar refractivity (Wildman–Crippen MR) is 140 cm³/mol. The van der Waals surface area contributed by atoms with Crippen LogP contribution in [0.1, 0.15) is 27.2 Å². The fourth-order valence-electron chi connectivity index (χ4n) is 4.72. The lowest BCUT2D eigenvalue weighted by Gasteiger charge is -2.36. The van der Waals surface area contributed by atoms with E-state index in [0.29, 0.717) is 17.2 Å². The molecule has 192 valence electrons. The van der Waals surface area contributed by atoms with Crippen molar-refractivity contribution >= 4 is 28.8 Å². The first-order valence-corrected chi connectivity index (χ1v) is 12.2. The molecule has 2 heterocycles. The minimum atomic E-state index is -2.93. The monoisotopic (exact) mass is 533 g/mol. The van der Waals surface area contributed by atoms with E-state index >= 15 is 0 Å². The van der Waals surface area contributed by atoms with E-state index in [1.54, 1.807) is 10.7 Å². The number of pyridine rings is 1. The van der Waals surface area contributed by atoms with Crippen LogP contribution in [0.15, 0.2) is 97.1 Å². The molecule has 0 radical (unpaired) electrons. The Bertz CT molecular complexity index is 1430. The fraction of sp³-hybridized carbons (Fsp3) is 0.138. The number of benzene rings is 3. The molecule has 5 aromatic rings. The molecule has 0 aliphatic rings. The Kier molecular flexibility index (Phi) is 7.44. The molecule has 0 aliphatic carbocycles. The quantitative estimate of drug-likeness (QED) is 0.0905. The molecule has 2 aromatic heterocycles. The normalized spacial score (nSPS) is 11.7. The molecular weight excluding hydrogens is 512 g/mol. The Morgan fingerprint density at radius 3 is 1.87 bits per heavy atom. The van der Waals surface area contributed by atoms with E-state index in [-0.39, 0.29) is 29.9 Å². The van der Waals surface area contributed by atoms with Gasteiger partial charge >= 0.3 is 6.61 Å². The zero-order chi connectivity index (χ0) is 26.5. The molecule has 38 heavy (non-hydrogen) atoms. The molecule has 0 spiro atoms. The van der Waals surface area contributed by atoms with Crippen molar-refractivity contribution in [1.82, 2.24) is 14.8 Å². The molecule has 0 bridgehead atoms. The lowest BCUT2D eigenvalue weighted by atomic mass is 9.77. The van der Waals surface area contributed by atoms with Gasteiger partial charge in [0.25, 0.3) is 0 Å². The van der Waals surface area contributed by atoms with E-state index in [0.717, 1.165) is 16.7 Å². The number of rotatable bonds is 10. The van der Waals surface area contributed by atoms with Gasteiger partial charge in [0.05, 0.1) is 17.5 Å². The molecule has 9 heteroatoms. The molecule has 6 nitrogen and oxygen atoms in total. The van der Waals surface area contributed by atoms with Crippen LogP contribution < -0.4 is 4.74 Å². The molecule has 0 saturated carbocycles. The fourth-order valence-corrected chi connectivity index (χ4v) is 4.92. The van der Waals surface area contributed by atoms with Crippen LogP contribution in [0.2, 0.25) is 5.15 Å². The predicted octanol–water partition coefficient (Wildman–Crippen LogP) is 6.36. The number of hydrogen-bond acceptors (Lipinski definition) is 5. The molecule has 0 saturated heterocycles. The molecule has 0 N–H and O–H groups in total. The van der Waals surface area contributed by atoms with Gasteiger partial charge < -0.3 is 9.47 Å². The largest absolute Gasteiger partial charge is 0.474 e. The summed E-state index contributed by atoms with van der Waals surface area (Å²) in [5.41, 5.74) is 2.12. The van der Waals surface area contributed by atoms with Crippen molar-refractivity contribution in [2.24, 2.45) is 0 Å². The summed E-state index contributed by atoms with van der Waals surface area (Å²) in [7, 11) is 0. The molecule has 0 unspecified atom stereocenters. The number of alkyl halides is 2. The zero-order valence-electron chi connectivity index (χ0n) is 20.0. The number of fused-ring (bicyclic) bond motifs is 1. The van der Waals surface area contributed by atoms with Gasteiger partial charge in [-0.15, -0.1) is 5.10 Å². The van der Waals surface area contributed by atoms with Crippen LogP contribution >= 0.6 is 11.6 Å². The SMILES string of the molecule is O=Cc1nc(Cl)cc2c1c(OCCOC(F)F)nn2C(c1ccccc1)(c1ccccc1)c1ccccc1. The summed E-state index contributed by atoms with van der Waals surface area (Å²) < 4.78 is 37.0. The highest BCUT2D eigenvalue weighted by atomic mass is 35.5. The first-order chi connectivity index (χ1) is 18.6. The number of carbonyl (C=O) groups excluding carboxylic acids is 1. The van der Waals surface area contributed by atoms with E-state index in [1.165, 1.54) is 0 Å². The van der Waals surface area contributed by atoms with Gasteiger partial charge in [0.15, 0.2) is 6.29 Å². The molecule has 0 atom stereocenters. The number of aromatic nitrogens is 3. The highest BCUT2D eigenvalue weighted by molar-refractivity contribution is 6.30. The van der Waals surface area contributed by atoms with Crippen LogP contribution in [0.5, 0.6) is 5.88 Å². The van der Waals surface area contributed by atoms with Gasteiger partial charge in [-0.2, -0.15) is 8.78 Å². The number of carbonyl (C=O) groups is 1. The van der Waals surface area contributed by atoms with Crippen LogP contribution in [-0.2, 0) is 10.3 Å². The average molecular weight is 534 g/mol. The van der Waals surface area contributed by atoms with E-state index in [4.69, 9.17) is 21.4 Å². The van der Waals surface area contributed by atoms with Crippen molar-refractivity contribution in [2.45, 2.75) is 12.2 Å². The number of halogens is 3. The summed E-state index contributed by atoms with van der Waals surface area (Å²) >= 11 is 6.38. The second kappa shape index (κ2) is 11.1. The molecule has 3 aromatic carbocycles. The standard InChI is InChI=1S/C29H22ClF2N3O3/c30-25-18-24-26(23(19-36)33-25)27(37-16-17-38-28(31)32)34-35(24)29(20-10-4-1-5-11-20,21-12-6-2-7-13-21)22-14-8-3-9-15-22/h1-15,18-19,28H,16-17H2. The van der Waals surface area contributed by atoms with Gasteiger partial charge in [0.2, 0.25) is 5.88 Å². The minimum Gasteiger partial charge on any atom is -0.474 e. The number of aldehydes is 1. The Hall–Kier alpha value is -4.14.